The van der Waals surface area contributed by atoms with Crippen molar-refractivity contribution in [3.8, 4) is 0 Å². The molecule has 32 heavy (non-hydrogen) atoms. The standard InChI is InChI=1S/C28H27NO3/c1-18-25(27(31)32-5)23(17-19-13-15-21(16-14-19)28(2,3)4)26(30)29(18)24-12-8-10-20-9-6-7-11-22(20)24/h6-17H,1-5H3/b23-17-. The Morgan fingerprint density at radius 2 is 1.59 bits per heavy atom. The third kappa shape index (κ3) is 3.73. The first-order valence-corrected chi connectivity index (χ1v) is 10.7. The second-order valence-corrected chi connectivity index (χ2v) is 9.02. The molecule has 1 aliphatic heterocycles. The molecule has 4 nitrogen and oxygen atoms in total. The van der Waals surface area contributed by atoms with Crippen molar-refractivity contribution in [3.63, 3.8) is 0 Å². The third-order valence-corrected chi connectivity index (χ3v) is 5.88. The number of carbonyl (C=O) groups is 2. The lowest BCUT2D eigenvalue weighted by Gasteiger charge is -2.20. The van der Waals surface area contributed by atoms with E-state index >= 15 is 0 Å². The lowest BCUT2D eigenvalue weighted by atomic mass is 9.86. The van der Waals surface area contributed by atoms with Gasteiger partial charge in [-0.1, -0.05) is 81.4 Å². The molecule has 0 spiro atoms. The first-order chi connectivity index (χ1) is 15.2. The number of hydrogen-bond donors (Lipinski definition) is 0. The van der Waals surface area contributed by atoms with Gasteiger partial charge in [0.2, 0.25) is 0 Å². The Kier molecular flexibility index (Phi) is 5.47. The summed E-state index contributed by atoms with van der Waals surface area (Å²) < 4.78 is 5.04. The van der Waals surface area contributed by atoms with Crippen molar-refractivity contribution in [2.24, 2.45) is 0 Å². The van der Waals surface area contributed by atoms with Crippen LogP contribution in [0.25, 0.3) is 16.8 Å². The zero-order valence-corrected chi connectivity index (χ0v) is 19.1. The van der Waals surface area contributed by atoms with Crippen molar-refractivity contribution in [3.05, 3.63) is 94.7 Å². The largest absolute Gasteiger partial charge is 0.465 e. The average Bonchev–Trinajstić information content (AvgIpc) is 3.02. The summed E-state index contributed by atoms with van der Waals surface area (Å²) in [6.07, 6.45) is 1.77. The number of fused-ring (bicyclic) bond motifs is 1. The number of carbonyl (C=O) groups excluding carboxylic acids is 2. The van der Waals surface area contributed by atoms with E-state index in [1.807, 2.05) is 54.6 Å². The minimum Gasteiger partial charge on any atom is -0.465 e. The molecular weight excluding hydrogens is 398 g/mol. The van der Waals surface area contributed by atoms with Crippen molar-refractivity contribution in [2.45, 2.75) is 33.1 Å². The number of nitrogens with zero attached hydrogens (tertiary/aromatic N) is 1. The van der Waals surface area contributed by atoms with E-state index in [1.165, 1.54) is 12.7 Å². The van der Waals surface area contributed by atoms with E-state index in [4.69, 9.17) is 4.74 Å². The smallest absolute Gasteiger partial charge is 0.340 e. The molecule has 0 N–H and O–H groups in total. The SMILES string of the molecule is COC(=O)C1=C(C)N(c2cccc3ccccc23)C(=O)/C1=C\c1ccc(C(C)(C)C)cc1. The van der Waals surface area contributed by atoms with Crippen molar-refractivity contribution < 1.29 is 14.3 Å². The van der Waals surface area contributed by atoms with Crippen molar-refractivity contribution in [2.75, 3.05) is 12.0 Å². The normalized spacial score (nSPS) is 15.7. The summed E-state index contributed by atoms with van der Waals surface area (Å²) in [6, 6.07) is 21.8. The summed E-state index contributed by atoms with van der Waals surface area (Å²) in [5.41, 5.74) is 4.05. The maximum atomic E-state index is 13.6. The van der Waals surface area contributed by atoms with Crippen LogP contribution in [0.1, 0.15) is 38.8 Å². The first-order valence-electron chi connectivity index (χ1n) is 10.7. The Balaban J connectivity index is 1.84. The first kappa shape index (κ1) is 21.6. The Hall–Kier alpha value is -3.66. The molecule has 0 aliphatic carbocycles. The number of methoxy groups -OCH3 is 1. The molecule has 0 aromatic heterocycles. The number of rotatable bonds is 3. The molecule has 0 saturated heterocycles. The van der Waals surface area contributed by atoms with Gasteiger partial charge >= 0.3 is 5.97 Å². The number of amides is 1. The predicted molar refractivity (Wildman–Crippen MR) is 129 cm³/mol. The fourth-order valence-corrected chi connectivity index (χ4v) is 4.12. The maximum Gasteiger partial charge on any atom is 0.340 e. The van der Waals surface area contributed by atoms with E-state index in [0.29, 0.717) is 16.8 Å². The Morgan fingerprint density at radius 3 is 2.25 bits per heavy atom. The summed E-state index contributed by atoms with van der Waals surface area (Å²) in [6.45, 7) is 8.26. The molecule has 0 fully saturated rings. The van der Waals surface area contributed by atoms with Gasteiger partial charge < -0.3 is 4.74 Å². The molecule has 0 saturated carbocycles. The molecule has 0 radical (unpaired) electrons. The zero-order valence-electron chi connectivity index (χ0n) is 19.1. The van der Waals surface area contributed by atoms with Gasteiger partial charge in [0, 0.05) is 11.1 Å². The van der Waals surface area contributed by atoms with Gasteiger partial charge in [0.1, 0.15) is 0 Å². The number of allylic oxidation sites excluding steroid dienone is 1. The number of hydrogen-bond acceptors (Lipinski definition) is 3. The molecule has 3 aromatic carbocycles. The summed E-state index contributed by atoms with van der Waals surface area (Å²) in [7, 11) is 1.34. The van der Waals surface area contributed by atoms with Gasteiger partial charge in [0.15, 0.2) is 0 Å². The Bertz CT molecular complexity index is 1270. The maximum absolute atomic E-state index is 13.6. The van der Waals surface area contributed by atoms with Crippen LogP contribution in [0.2, 0.25) is 0 Å². The van der Waals surface area contributed by atoms with Gasteiger partial charge in [-0.05, 0) is 41.0 Å². The highest BCUT2D eigenvalue weighted by molar-refractivity contribution is 6.25. The number of ether oxygens (including phenoxy) is 1. The minimum absolute atomic E-state index is 0.0354. The predicted octanol–water partition coefficient (Wildman–Crippen LogP) is 6.01. The molecular formula is C28H27NO3. The molecule has 4 rings (SSSR count). The number of benzene rings is 3. The second kappa shape index (κ2) is 8.12. The highest BCUT2D eigenvalue weighted by Crippen LogP contribution is 2.38. The Morgan fingerprint density at radius 1 is 0.938 bits per heavy atom. The van der Waals surface area contributed by atoms with Crippen LogP contribution in [0.3, 0.4) is 0 Å². The third-order valence-electron chi connectivity index (χ3n) is 5.88. The molecule has 1 amide bonds. The fourth-order valence-electron chi connectivity index (χ4n) is 4.12. The molecule has 0 atom stereocenters. The van der Waals surface area contributed by atoms with E-state index in [0.717, 1.165) is 22.0 Å². The number of esters is 1. The van der Waals surface area contributed by atoms with Gasteiger partial charge in [-0.2, -0.15) is 0 Å². The van der Waals surface area contributed by atoms with Gasteiger partial charge in [0.25, 0.3) is 5.91 Å². The lowest BCUT2D eigenvalue weighted by Crippen LogP contribution is -2.24. The van der Waals surface area contributed by atoms with Crippen LogP contribution in [-0.4, -0.2) is 19.0 Å². The van der Waals surface area contributed by atoms with Crippen molar-refractivity contribution in [1.29, 1.82) is 0 Å². The van der Waals surface area contributed by atoms with E-state index in [-0.39, 0.29) is 11.3 Å². The monoisotopic (exact) mass is 425 g/mol. The molecule has 3 aromatic rings. The molecule has 0 bridgehead atoms. The molecule has 1 aliphatic rings. The van der Waals surface area contributed by atoms with E-state index in [9.17, 15) is 9.59 Å². The molecule has 4 heteroatoms. The number of anilines is 1. The highest BCUT2D eigenvalue weighted by atomic mass is 16.5. The summed E-state index contributed by atoms with van der Waals surface area (Å²) in [4.78, 5) is 27.9. The lowest BCUT2D eigenvalue weighted by molar-refractivity contribution is -0.136. The minimum atomic E-state index is -0.517. The Labute approximate surface area is 188 Å². The van der Waals surface area contributed by atoms with E-state index in [1.54, 1.807) is 17.9 Å². The van der Waals surface area contributed by atoms with Crippen LogP contribution < -0.4 is 4.90 Å². The van der Waals surface area contributed by atoms with E-state index < -0.39 is 5.97 Å². The van der Waals surface area contributed by atoms with Gasteiger partial charge in [0.05, 0.1) is 23.9 Å². The fraction of sp³-hybridized carbons (Fsp3) is 0.214. The zero-order chi connectivity index (χ0) is 23.0. The van der Waals surface area contributed by atoms with Crippen molar-refractivity contribution in [1.82, 2.24) is 0 Å². The van der Waals surface area contributed by atoms with Crippen LogP contribution >= 0.6 is 0 Å². The summed E-state index contributed by atoms with van der Waals surface area (Å²) in [5, 5.41) is 1.98. The van der Waals surface area contributed by atoms with Crippen molar-refractivity contribution >= 4 is 34.4 Å². The molecule has 0 unspecified atom stereocenters. The quantitative estimate of drug-likeness (QED) is 0.381. The van der Waals surface area contributed by atoms with Crippen LogP contribution in [-0.2, 0) is 19.7 Å². The topological polar surface area (TPSA) is 46.6 Å². The van der Waals surface area contributed by atoms with Crippen LogP contribution in [0.5, 0.6) is 0 Å². The second-order valence-electron chi connectivity index (χ2n) is 9.02. The summed E-state index contributed by atoms with van der Waals surface area (Å²) >= 11 is 0. The molecule has 162 valence electrons. The van der Waals surface area contributed by atoms with Gasteiger partial charge in [-0.25, -0.2) is 4.79 Å². The molecule has 1 heterocycles. The van der Waals surface area contributed by atoms with Crippen LogP contribution in [0, 0.1) is 0 Å². The highest BCUT2D eigenvalue weighted by Gasteiger charge is 2.38. The van der Waals surface area contributed by atoms with Crippen LogP contribution in [0.4, 0.5) is 5.69 Å². The van der Waals surface area contributed by atoms with E-state index in [2.05, 4.69) is 32.9 Å². The average molecular weight is 426 g/mol. The van der Waals surface area contributed by atoms with Gasteiger partial charge in [-0.15, -0.1) is 0 Å². The van der Waals surface area contributed by atoms with Crippen LogP contribution in [0.15, 0.2) is 83.6 Å². The van der Waals surface area contributed by atoms with Gasteiger partial charge in [-0.3, -0.25) is 9.69 Å². The summed E-state index contributed by atoms with van der Waals surface area (Å²) in [5.74, 6) is -0.754.